The van der Waals surface area contributed by atoms with Gasteiger partial charge in [-0.15, -0.1) is 5.10 Å². The average molecular weight is 328 g/mol. The lowest BCUT2D eigenvalue weighted by Crippen LogP contribution is -2.24. The van der Waals surface area contributed by atoms with Crippen LogP contribution in [0.25, 0.3) is 11.0 Å². The van der Waals surface area contributed by atoms with E-state index in [9.17, 15) is 4.79 Å². The second-order valence-corrected chi connectivity index (χ2v) is 5.41. The van der Waals surface area contributed by atoms with Gasteiger partial charge in [0.15, 0.2) is 0 Å². The number of hydrazone groups is 1. The lowest BCUT2D eigenvalue weighted by molar-refractivity contribution is -0.121. The monoisotopic (exact) mass is 327 g/mol. The quantitative estimate of drug-likeness (QED) is 0.591. The Labute approximate surface area is 137 Å². The fourth-order valence-corrected chi connectivity index (χ4v) is 2.23. The topological polar surface area (TPSA) is 72.2 Å². The van der Waals surface area contributed by atoms with Gasteiger partial charge in [0.05, 0.1) is 11.2 Å². The summed E-state index contributed by atoms with van der Waals surface area (Å²) in [6.07, 6.45) is 0. The Balaban J connectivity index is 1.67. The van der Waals surface area contributed by atoms with Gasteiger partial charge in [0, 0.05) is 5.02 Å². The van der Waals surface area contributed by atoms with E-state index in [4.69, 9.17) is 11.6 Å². The van der Waals surface area contributed by atoms with E-state index in [1.54, 1.807) is 12.1 Å². The highest BCUT2D eigenvalue weighted by molar-refractivity contribution is 6.30. The predicted molar refractivity (Wildman–Crippen MR) is 89.3 cm³/mol. The van der Waals surface area contributed by atoms with Gasteiger partial charge in [-0.1, -0.05) is 41.1 Å². The van der Waals surface area contributed by atoms with Crippen molar-refractivity contribution >= 4 is 34.3 Å². The molecule has 1 aromatic heterocycles. The van der Waals surface area contributed by atoms with Crippen LogP contribution in [0.4, 0.5) is 0 Å². The number of para-hydroxylation sites is 1. The summed E-state index contributed by atoms with van der Waals surface area (Å²) in [5, 5.41) is 12.7. The largest absolute Gasteiger partial charge is 0.271 e. The summed E-state index contributed by atoms with van der Waals surface area (Å²) < 4.78 is 1.54. The number of carbonyl (C=O) groups excluding carboxylic acids is 1. The summed E-state index contributed by atoms with van der Waals surface area (Å²) in [7, 11) is 0. The highest BCUT2D eigenvalue weighted by Gasteiger charge is 2.08. The Morgan fingerprint density at radius 1 is 1.22 bits per heavy atom. The predicted octanol–water partition coefficient (Wildman–Crippen LogP) is 2.63. The molecule has 3 aromatic rings. The van der Waals surface area contributed by atoms with Gasteiger partial charge in [-0.05, 0) is 36.8 Å². The number of hydrogen-bond donors (Lipinski definition) is 1. The molecule has 1 N–H and O–H groups in total. The molecule has 0 aliphatic carbocycles. The Morgan fingerprint density at radius 3 is 2.74 bits per heavy atom. The molecule has 2 aromatic carbocycles. The van der Waals surface area contributed by atoms with Crippen LogP contribution in [0.5, 0.6) is 0 Å². The van der Waals surface area contributed by atoms with Gasteiger partial charge in [-0.3, -0.25) is 4.79 Å². The maximum atomic E-state index is 12.0. The van der Waals surface area contributed by atoms with Gasteiger partial charge in [-0.25, -0.2) is 10.1 Å². The maximum Gasteiger partial charge on any atom is 0.261 e. The number of rotatable bonds is 4. The Hall–Kier alpha value is -2.73. The second kappa shape index (κ2) is 6.58. The van der Waals surface area contributed by atoms with Crippen molar-refractivity contribution in [3.8, 4) is 0 Å². The lowest BCUT2D eigenvalue weighted by Gasteiger charge is -2.04. The highest BCUT2D eigenvalue weighted by Crippen LogP contribution is 2.10. The molecule has 1 heterocycles. The molecule has 0 atom stereocenters. The van der Waals surface area contributed by atoms with Gasteiger partial charge in [0.1, 0.15) is 12.1 Å². The van der Waals surface area contributed by atoms with Crippen LogP contribution < -0.4 is 5.43 Å². The first-order valence-corrected chi connectivity index (χ1v) is 7.38. The molecule has 23 heavy (non-hydrogen) atoms. The Bertz CT molecular complexity index is 870. The molecule has 116 valence electrons. The molecule has 3 rings (SSSR count). The van der Waals surface area contributed by atoms with Crippen molar-refractivity contribution in [2.75, 3.05) is 0 Å². The minimum Gasteiger partial charge on any atom is -0.271 e. The first-order chi connectivity index (χ1) is 11.1. The van der Waals surface area contributed by atoms with Crippen molar-refractivity contribution in [3.63, 3.8) is 0 Å². The Morgan fingerprint density at radius 2 is 1.96 bits per heavy atom. The van der Waals surface area contributed by atoms with Crippen LogP contribution in [0.1, 0.15) is 12.5 Å². The summed E-state index contributed by atoms with van der Waals surface area (Å²) in [5.74, 6) is -0.269. The van der Waals surface area contributed by atoms with Gasteiger partial charge >= 0.3 is 0 Å². The molecule has 1 amide bonds. The maximum absolute atomic E-state index is 12.0. The van der Waals surface area contributed by atoms with Crippen molar-refractivity contribution < 1.29 is 4.79 Å². The van der Waals surface area contributed by atoms with Gasteiger partial charge in [0.2, 0.25) is 0 Å². The third kappa shape index (κ3) is 3.54. The summed E-state index contributed by atoms with van der Waals surface area (Å²) >= 11 is 5.85. The van der Waals surface area contributed by atoms with Crippen molar-refractivity contribution in [3.05, 3.63) is 59.1 Å². The van der Waals surface area contributed by atoms with Gasteiger partial charge in [0.25, 0.3) is 5.91 Å². The first-order valence-electron chi connectivity index (χ1n) is 7.01. The number of benzene rings is 2. The molecule has 0 saturated heterocycles. The van der Waals surface area contributed by atoms with E-state index in [0.717, 1.165) is 16.6 Å². The molecular formula is C16H14ClN5O. The highest BCUT2D eigenvalue weighted by atomic mass is 35.5. The van der Waals surface area contributed by atoms with E-state index in [1.807, 2.05) is 43.3 Å². The van der Waals surface area contributed by atoms with Crippen molar-refractivity contribution in [1.29, 1.82) is 0 Å². The number of nitrogens with zero attached hydrogens (tertiary/aromatic N) is 4. The van der Waals surface area contributed by atoms with Crippen LogP contribution in [0.3, 0.4) is 0 Å². The molecule has 0 radical (unpaired) electrons. The molecule has 0 spiro atoms. The molecule has 0 saturated carbocycles. The summed E-state index contributed by atoms with van der Waals surface area (Å²) in [4.78, 5) is 12.0. The van der Waals surface area contributed by atoms with Gasteiger partial charge < -0.3 is 0 Å². The van der Waals surface area contributed by atoms with E-state index in [-0.39, 0.29) is 12.5 Å². The zero-order valence-corrected chi connectivity index (χ0v) is 13.2. The van der Waals surface area contributed by atoms with Crippen LogP contribution in [0.2, 0.25) is 5.02 Å². The van der Waals surface area contributed by atoms with Crippen LogP contribution in [-0.4, -0.2) is 26.6 Å². The van der Waals surface area contributed by atoms with E-state index >= 15 is 0 Å². The SMILES string of the molecule is C/C(=N/NC(=O)Cn1nnc2ccccc21)c1ccc(Cl)cc1. The summed E-state index contributed by atoms with van der Waals surface area (Å²) in [6, 6.07) is 14.7. The smallest absolute Gasteiger partial charge is 0.261 e. The fourth-order valence-electron chi connectivity index (χ4n) is 2.11. The zero-order valence-electron chi connectivity index (χ0n) is 12.4. The minimum atomic E-state index is -0.269. The molecule has 0 bridgehead atoms. The standard InChI is InChI=1S/C16H14ClN5O/c1-11(12-6-8-13(17)9-7-12)18-20-16(23)10-22-15-5-3-2-4-14(15)19-21-22/h2-9H,10H2,1H3,(H,20,23)/b18-11-. The third-order valence-electron chi connectivity index (χ3n) is 3.32. The number of carbonyl (C=O) groups is 1. The number of hydrogen-bond acceptors (Lipinski definition) is 4. The van der Waals surface area contributed by atoms with Crippen molar-refractivity contribution in [1.82, 2.24) is 20.4 Å². The number of halogens is 1. The van der Waals surface area contributed by atoms with Crippen LogP contribution in [-0.2, 0) is 11.3 Å². The minimum absolute atomic E-state index is 0.0535. The number of nitrogens with one attached hydrogen (secondary N) is 1. The lowest BCUT2D eigenvalue weighted by atomic mass is 10.1. The van der Waals surface area contributed by atoms with Crippen molar-refractivity contribution in [2.45, 2.75) is 13.5 Å². The van der Waals surface area contributed by atoms with E-state index in [2.05, 4.69) is 20.8 Å². The molecule has 0 fully saturated rings. The van der Waals surface area contributed by atoms with Gasteiger partial charge in [-0.2, -0.15) is 5.10 Å². The zero-order chi connectivity index (χ0) is 16.2. The van der Waals surface area contributed by atoms with E-state index in [1.165, 1.54) is 4.68 Å². The van der Waals surface area contributed by atoms with E-state index in [0.29, 0.717) is 10.7 Å². The molecular weight excluding hydrogens is 314 g/mol. The summed E-state index contributed by atoms with van der Waals surface area (Å²) in [6.45, 7) is 1.87. The summed E-state index contributed by atoms with van der Waals surface area (Å²) in [5.41, 5.74) is 5.67. The van der Waals surface area contributed by atoms with E-state index < -0.39 is 0 Å². The van der Waals surface area contributed by atoms with Crippen molar-refractivity contribution in [2.24, 2.45) is 5.10 Å². The molecule has 0 aliphatic rings. The van der Waals surface area contributed by atoms with Crippen LogP contribution >= 0.6 is 11.6 Å². The number of fused-ring (bicyclic) bond motifs is 1. The number of aromatic nitrogens is 3. The molecule has 0 aliphatic heterocycles. The molecule has 7 heteroatoms. The average Bonchev–Trinajstić information content (AvgIpc) is 2.96. The fraction of sp³-hybridized carbons (Fsp3) is 0.125. The Kier molecular flexibility index (Phi) is 4.34. The molecule has 6 nitrogen and oxygen atoms in total. The second-order valence-electron chi connectivity index (χ2n) is 4.97. The first kappa shape index (κ1) is 15.2. The third-order valence-corrected chi connectivity index (χ3v) is 3.58. The number of amides is 1. The molecule has 0 unspecified atom stereocenters. The normalized spacial score (nSPS) is 11.7. The van der Waals surface area contributed by atoms with Crippen LogP contribution in [0, 0.1) is 0 Å². The van der Waals surface area contributed by atoms with Crippen LogP contribution in [0.15, 0.2) is 53.6 Å².